The molecular formula is C33H34N2O5. The van der Waals surface area contributed by atoms with E-state index in [9.17, 15) is 4.79 Å². The van der Waals surface area contributed by atoms with Crippen LogP contribution < -0.4 is 24.7 Å². The van der Waals surface area contributed by atoms with Crippen molar-refractivity contribution >= 4 is 5.91 Å². The lowest BCUT2D eigenvalue weighted by atomic mass is 9.90. The van der Waals surface area contributed by atoms with Crippen LogP contribution in [-0.4, -0.2) is 44.4 Å². The Bertz CT molecular complexity index is 1370. The Balaban J connectivity index is 1.33. The first-order chi connectivity index (χ1) is 19.6. The van der Waals surface area contributed by atoms with E-state index in [-0.39, 0.29) is 12.7 Å². The van der Waals surface area contributed by atoms with E-state index in [1.165, 1.54) is 11.1 Å². The zero-order valence-electron chi connectivity index (χ0n) is 22.6. The quantitative estimate of drug-likeness (QED) is 0.222. The van der Waals surface area contributed by atoms with Crippen LogP contribution in [-0.2, 0) is 6.54 Å². The van der Waals surface area contributed by atoms with E-state index in [0.29, 0.717) is 23.7 Å². The highest BCUT2D eigenvalue weighted by atomic mass is 16.7. The number of amides is 1. The fraction of sp³-hybridized carbons (Fsp3) is 0.242. The Morgan fingerprint density at radius 2 is 1.57 bits per heavy atom. The Morgan fingerprint density at radius 3 is 2.25 bits per heavy atom. The van der Waals surface area contributed by atoms with Crippen molar-refractivity contribution in [3.05, 3.63) is 119 Å². The van der Waals surface area contributed by atoms with Crippen molar-refractivity contribution in [1.29, 1.82) is 0 Å². The van der Waals surface area contributed by atoms with E-state index in [1.807, 2.05) is 6.07 Å². The number of benzene rings is 4. The molecule has 2 N–H and O–H groups in total. The summed E-state index contributed by atoms with van der Waals surface area (Å²) in [6, 6.07) is 32.3. The predicted molar refractivity (Wildman–Crippen MR) is 154 cm³/mol. The summed E-state index contributed by atoms with van der Waals surface area (Å²) in [5, 5.41) is 0. The zero-order chi connectivity index (χ0) is 27.7. The second-order valence-electron chi connectivity index (χ2n) is 9.73. The van der Waals surface area contributed by atoms with Crippen molar-refractivity contribution in [1.82, 2.24) is 4.90 Å². The number of methoxy groups -OCH3 is 1. The number of ether oxygens (including phenoxy) is 4. The third-order valence-corrected chi connectivity index (χ3v) is 7.01. The summed E-state index contributed by atoms with van der Waals surface area (Å²) in [5.41, 5.74) is 9.54. The van der Waals surface area contributed by atoms with Gasteiger partial charge in [-0.2, -0.15) is 0 Å². The smallest absolute Gasteiger partial charge is 0.248 e. The van der Waals surface area contributed by atoms with E-state index in [0.717, 1.165) is 43.1 Å². The summed E-state index contributed by atoms with van der Waals surface area (Å²) in [6.07, 6.45) is 0.769. The van der Waals surface area contributed by atoms with Gasteiger partial charge in [-0.25, -0.2) is 0 Å². The Hall–Kier alpha value is -4.49. The summed E-state index contributed by atoms with van der Waals surface area (Å²) in [5.74, 6) is 2.33. The van der Waals surface area contributed by atoms with Gasteiger partial charge in [-0.1, -0.05) is 66.7 Å². The molecule has 0 bridgehead atoms. The van der Waals surface area contributed by atoms with Gasteiger partial charge in [0.2, 0.25) is 12.7 Å². The molecule has 5 rings (SSSR count). The SMILES string of the molecule is COc1ccc(C(N)=O)cc1OCCCN(Cc1ccc2c(c1)OCO2)CC(c1ccccc1)c1ccccc1. The van der Waals surface area contributed by atoms with Gasteiger partial charge < -0.3 is 24.7 Å². The van der Waals surface area contributed by atoms with Crippen LogP contribution in [0.2, 0.25) is 0 Å². The standard InChI is InChI=1S/C33H34N2O5/c1-37-29-16-14-27(33(34)36)20-32(29)38-18-8-17-35(21-24-13-15-30-31(19-24)40-23-39-30)22-28(25-9-4-2-5-10-25)26-11-6-3-7-12-26/h2-7,9-16,19-20,28H,8,17-18,21-23H2,1H3,(H2,34,36). The van der Waals surface area contributed by atoms with E-state index in [4.69, 9.17) is 24.7 Å². The Morgan fingerprint density at radius 1 is 0.875 bits per heavy atom. The molecule has 1 aliphatic heterocycles. The van der Waals surface area contributed by atoms with Crippen LogP contribution >= 0.6 is 0 Å². The average Bonchev–Trinajstić information content (AvgIpc) is 3.46. The maximum atomic E-state index is 11.7. The van der Waals surface area contributed by atoms with Crippen molar-refractivity contribution in [2.24, 2.45) is 5.73 Å². The number of fused-ring (bicyclic) bond motifs is 1. The molecule has 0 unspecified atom stereocenters. The Kier molecular flexibility index (Phi) is 8.83. The second kappa shape index (κ2) is 13.0. The maximum absolute atomic E-state index is 11.7. The van der Waals surface area contributed by atoms with Gasteiger partial charge >= 0.3 is 0 Å². The molecule has 1 amide bonds. The lowest BCUT2D eigenvalue weighted by Gasteiger charge is -2.28. The van der Waals surface area contributed by atoms with Gasteiger partial charge in [-0.15, -0.1) is 0 Å². The minimum atomic E-state index is -0.504. The molecule has 0 aromatic heterocycles. The number of rotatable bonds is 13. The van der Waals surface area contributed by atoms with Gasteiger partial charge in [0.1, 0.15) is 0 Å². The molecule has 0 aliphatic carbocycles. The summed E-state index contributed by atoms with van der Waals surface area (Å²) < 4.78 is 22.6. The molecule has 0 atom stereocenters. The van der Waals surface area contributed by atoms with Crippen molar-refractivity contribution in [2.75, 3.05) is 33.6 Å². The molecule has 0 fully saturated rings. The van der Waals surface area contributed by atoms with E-state index in [2.05, 4.69) is 77.7 Å². The van der Waals surface area contributed by atoms with E-state index >= 15 is 0 Å². The molecule has 1 heterocycles. The fourth-order valence-electron chi connectivity index (χ4n) is 4.98. The van der Waals surface area contributed by atoms with Crippen LogP contribution in [0.3, 0.4) is 0 Å². The largest absolute Gasteiger partial charge is 0.493 e. The Labute approximate surface area is 235 Å². The monoisotopic (exact) mass is 538 g/mol. The lowest BCUT2D eigenvalue weighted by molar-refractivity contribution is 0.0999. The van der Waals surface area contributed by atoms with Crippen LogP contribution in [0.15, 0.2) is 97.1 Å². The van der Waals surface area contributed by atoms with Crippen LogP contribution in [0.25, 0.3) is 0 Å². The molecule has 0 radical (unpaired) electrons. The molecular weight excluding hydrogens is 504 g/mol. The number of nitrogens with two attached hydrogens (primary N) is 1. The van der Waals surface area contributed by atoms with E-state index < -0.39 is 5.91 Å². The van der Waals surface area contributed by atoms with E-state index in [1.54, 1.807) is 25.3 Å². The summed E-state index contributed by atoms with van der Waals surface area (Å²) >= 11 is 0. The van der Waals surface area contributed by atoms with Crippen LogP contribution in [0.1, 0.15) is 39.4 Å². The van der Waals surface area contributed by atoms with Crippen molar-refractivity contribution in [3.63, 3.8) is 0 Å². The highest BCUT2D eigenvalue weighted by molar-refractivity contribution is 5.93. The van der Waals surface area contributed by atoms with Gasteiger partial charge in [0, 0.05) is 31.1 Å². The molecule has 40 heavy (non-hydrogen) atoms. The predicted octanol–water partition coefficient (Wildman–Crippen LogP) is 5.63. The van der Waals surface area contributed by atoms with Gasteiger partial charge in [-0.05, 0) is 53.4 Å². The molecule has 4 aromatic rings. The molecule has 0 saturated heterocycles. The van der Waals surface area contributed by atoms with Gasteiger partial charge in [0.25, 0.3) is 0 Å². The van der Waals surface area contributed by atoms with Gasteiger partial charge in [-0.3, -0.25) is 9.69 Å². The zero-order valence-corrected chi connectivity index (χ0v) is 22.6. The van der Waals surface area contributed by atoms with Crippen LogP contribution in [0.4, 0.5) is 0 Å². The first kappa shape index (κ1) is 27.1. The second-order valence-corrected chi connectivity index (χ2v) is 9.73. The minimum Gasteiger partial charge on any atom is -0.493 e. The third-order valence-electron chi connectivity index (χ3n) is 7.01. The summed E-state index contributed by atoms with van der Waals surface area (Å²) in [6.45, 7) is 3.07. The van der Waals surface area contributed by atoms with Gasteiger partial charge in [0.15, 0.2) is 23.0 Å². The minimum absolute atomic E-state index is 0.199. The number of carbonyl (C=O) groups is 1. The molecule has 7 heteroatoms. The molecule has 0 spiro atoms. The normalized spacial score (nSPS) is 12.1. The maximum Gasteiger partial charge on any atom is 0.248 e. The van der Waals surface area contributed by atoms with Crippen molar-refractivity contribution in [3.8, 4) is 23.0 Å². The molecule has 1 aliphatic rings. The highest BCUT2D eigenvalue weighted by Crippen LogP contribution is 2.34. The number of hydrogen-bond acceptors (Lipinski definition) is 6. The topological polar surface area (TPSA) is 83.2 Å². The summed E-state index contributed by atoms with van der Waals surface area (Å²) in [4.78, 5) is 14.1. The summed E-state index contributed by atoms with van der Waals surface area (Å²) in [7, 11) is 1.58. The number of nitrogens with zero attached hydrogens (tertiary/aromatic N) is 1. The lowest BCUT2D eigenvalue weighted by Crippen LogP contribution is -2.30. The van der Waals surface area contributed by atoms with Gasteiger partial charge in [0.05, 0.1) is 13.7 Å². The van der Waals surface area contributed by atoms with Crippen molar-refractivity contribution in [2.45, 2.75) is 18.9 Å². The number of carbonyl (C=O) groups excluding carboxylic acids is 1. The molecule has 4 aromatic carbocycles. The number of primary amides is 1. The molecule has 7 nitrogen and oxygen atoms in total. The molecule has 0 saturated carbocycles. The van der Waals surface area contributed by atoms with Crippen molar-refractivity contribution < 1.29 is 23.7 Å². The fourth-order valence-corrected chi connectivity index (χ4v) is 4.98. The highest BCUT2D eigenvalue weighted by Gasteiger charge is 2.20. The third kappa shape index (κ3) is 6.74. The van der Waals surface area contributed by atoms with Crippen LogP contribution in [0, 0.1) is 0 Å². The first-order valence-electron chi connectivity index (χ1n) is 13.4. The number of hydrogen-bond donors (Lipinski definition) is 1. The average molecular weight is 539 g/mol. The first-order valence-corrected chi connectivity index (χ1v) is 13.4. The van der Waals surface area contributed by atoms with Crippen LogP contribution in [0.5, 0.6) is 23.0 Å². The molecule has 206 valence electrons.